The fourth-order valence-corrected chi connectivity index (χ4v) is 3.22. The molecule has 0 saturated carbocycles. The Balaban J connectivity index is 2.19. The molecule has 9 heteroatoms. The molecule has 2 aromatic rings. The van der Waals surface area contributed by atoms with Crippen LogP contribution in [0.15, 0.2) is 36.4 Å². The van der Waals surface area contributed by atoms with Gasteiger partial charge in [-0.2, -0.15) is 0 Å². The summed E-state index contributed by atoms with van der Waals surface area (Å²) >= 11 is 0. The Labute approximate surface area is 149 Å². The molecular formula is C17H17F3N2O3S. The van der Waals surface area contributed by atoms with Gasteiger partial charge in [-0.15, -0.1) is 0 Å². The highest BCUT2D eigenvalue weighted by molar-refractivity contribution is 7.92. The molecule has 0 aliphatic rings. The van der Waals surface area contributed by atoms with Gasteiger partial charge in [0.1, 0.15) is 0 Å². The fraction of sp³-hybridized carbons (Fsp3) is 0.235. The molecule has 0 heterocycles. The third kappa shape index (κ3) is 4.54. The van der Waals surface area contributed by atoms with Crippen LogP contribution in [0, 0.1) is 24.4 Å². The van der Waals surface area contributed by atoms with Gasteiger partial charge in [-0.25, -0.2) is 21.6 Å². The quantitative estimate of drug-likeness (QED) is 0.776. The first-order chi connectivity index (χ1) is 12.1. The zero-order valence-electron chi connectivity index (χ0n) is 14.1. The Morgan fingerprint density at radius 2 is 1.73 bits per heavy atom. The molecule has 0 fully saturated rings. The summed E-state index contributed by atoms with van der Waals surface area (Å²) in [6, 6.07) is 8.42. The summed E-state index contributed by atoms with van der Waals surface area (Å²) in [7, 11) is -4.02. The predicted octanol–water partition coefficient (Wildman–Crippen LogP) is 3.21. The van der Waals surface area contributed by atoms with E-state index >= 15 is 0 Å². The maximum absolute atomic E-state index is 13.9. The SMILES string of the molecule is Cc1ccccc1NC(=O)CCN(c1ccc(F)c(F)c1F)S(C)(=O)=O. The Kier molecular flexibility index (Phi) is 5.91. The van der Waals surface area contributed by atoms with Crippen LogP contribution in [-0.4, -0.2) is 27.1 Å². The Hall–Kier alpha value is -2.55. The van der Waals surface area contributed by atoms with Crippen LogP contribution >= 0.6 is 0 Å². The number of nitrogens with one attached hydrogen (secondary N) is 1. The molecule has 0 saturated heterocycles. The molecule has 26 heavy (non-hydrogen) atoms. The van der Waals surface area contributed by atoms with Gasteiger partial charge in [-0.3, -0.25) is 9.10 Å². The molecule has 1 amide bonds. The average molecular weight is 386 g/mol. The lowest BCUT2D eigenvalue weighted by atomic mass is 10.2. The number of amides is 1. The van der Waals surface area contributed by atoms with Crippen LogP contribution in [0.4, 0.5) is 24.5 Å². The molecule has 0 aliphatic carbocycles. The first kappa shape index (κ1) is 19.8. The van der Waals surface area contributed by atoms with Crippen molar-refractivity contribution in [1.82, 2.24) is 0 Å². The van der Waals surface area contributed by atoms with Crippen LogP contribution in [0.25, 0.3) is 0 Å². The second kappa shape index (κ2) is 7.77. The number of halogens is 3. The first-order valence-corrected chi connectivity index (χ1v) is 9.42. The van der Waals surface area contributed by atoms with Crippen molar-refractivity contribution >= 4 is 27.3 Å². The van der Waals surface area contributed by atoms with E-state index in [1.165, 1.54) is 0 Å². The molecule has 0 aromatic heterocycles. The number of sulfonamides is 1. The number of hydrogen-bond acceptors (Lipinski definition) is 3. The third-order valence-electron chi connectivity index (χ3n) is 3.64. The highest BCUT2D eigenvalue weighted by atomic mass is 32.2. The van der Waals surface area contributed by atoms with Gasteiger partial charge in [0.15, 0.2) is 17.5 Å². The van der Waals surface area contributed by atoms with Gasteiger partial charge in [0.2, 0.25) is 15.9 Å². The maximum atomic E-state index is 13.9. The lowest BCUT2D eigenvalue weighted by Gasteiger charge is -2.23. The number of carbonyl (C=O) groups is 1. The summed E-state index contributed by atoms with van der Waals surface area (Å²) in [6.45, 7) is 1.35. The fourth-order valence-electron chi connectivity index (χ4n) is 2.30. The number of aryl methyl sites for hydroxylation is 1. The summed E-state index contributed by atoms with van der Waals surface area (Å²) in [5.74, 6) is -5.34. The largest absolute Gasteiger partial charge is 0.326 e. The summed E-state index contributed by atoms with van der Waals surface area (Å²) in [6.07, 6.45) is 0.479. The number of carbonyl (C=O) groups excluding carboxylic acids is 1. The van der Waals surface area contributed by atoms with E-state index in [2.05, 4.69) is 5.32 Å². The molecule has 140 valence electrons. The third-order valence-corrected chi connectivity index (χ3v) is 4.82. The molecule has 2 aromatic carbocycles. The minimum Gasteiger partial charge on any atom is -0.326 e. The van der Waals surface area contributed by atoms with E-state index in [0.29, 0.717) is 16.1 Å². The summed E-state index contributed by atoms with van der Waals surface area (Å²) in [4.78, 5) is 12.1. The van der Waals surface area contributed by atoms with E-state index in [0.717, 1.165) is 17.9 Å². The van der Waals surface area contributed by atoms with E-state index in [1.54, 1.807) is 31.2 Å². The van der Waals surface area contributed by atoms with Crippen LogP contribution < -0.4 is 9.62 Å². The van der Waals surface area contributed by atoms with Crippen LogP contribution in [-0.2, 0) is 14.8 Å². The molecule has 0 bridgehead atoms. The molecule has 2 rings (SSSR count). The molecule has 0 radical (unpaired) electrons. The molecule has 0 atom stereocenters. The van der Waals surface area contributed by atoms with Crippen LogP contribution in [0.5, 0.6) is 0 Å². The minimum absolute atomic E-state index is 0.306. The Bertz CT molecular complexity index is 933. The highest BCUT2D eigenvalue weighted by Crippen LogP contribution is 2.26. The van der Waals surface area contributed by atoms with Crippen LogP contribution in [0.3, 0.4) is 0 Å². The Morgan fingerprint density at radius 3 is 2.35 bits per heavy atom. The molecule has 5 nitrogen and oxygen atoms in total. The number of benzene rings is 2. The minimum atomic E-state index is -4.02. The van der Waals surface area contributed by atoms with Gasteiger partial charge in [-0.1, -0.05) is 18.2 Å². The van der Waals surface area contributed by atoms with Crippen molar-refractivity contribution in [2.45, 2.75) is 13.3 Å². The standard InChI is InChI=1S/C17H17F3N2O3S/c1-11-5-3-4-6-13(11)21-15(23)9-10-22(26(2,24)25)14-8-7-12(18)16(19)17(14)20/h3-8H,9-10H2,1-2H3,(H,21,23). The van der Waals surface area contributed by atoms with Crippen LogP contribution in [0.1, 0.15) is 12.0 Å². The zero-order chi connectivity index (χ0) is 19.5. The normalized spacial score (nSPS) is 11.3. The van der Waals surface area contributed by atoms with E-state index in [-0.39, 0.29) is 6.42 Å². The maximum Gasteiger partial charge on any atom is 0.232 e. The van der Waals surface area contributed by atoms with Crippen molar-refractivity contribution in [3.05, 3.63) is 59.4 Å². The molecule has 0 aliphatic heterocycles. The number of para-hydroxylation sites is 1. The van der Waals surface area contributed by atoms with E-state index in [9.17, 15) is 26.4 Å². The zero-order valence-corrected chi connectivity index (χ0v) is 14.9. The summed E-state index contributed by atoms with van der Waals surface area (Å²) in [5.41, 5.74) is 0.713. The number of anilines is 2. The summed E-state index contributed by atoms with van der Waals surface area (Å²) < 4.78 is 64.8. The van der Waals surface area contributed by atoms with E-state index in [4.69, 9.17) is 0 Å². The van der Waals surface area contributed by atoms with Crippen molar-refractivity contribution < 1.29 is 26.4 Å². The molecule has 0 unspecified atom stereocenters. The van der Waals surface area contributed by atoms with Crippen LogP contribution in [0.2, 0.25) is 0 Å². The molecule has 1 N–H and O–H groups in total. The van der Waals surface area contributed by atoms with Gasteiger partial charge < -0.3 is 5.32 Å². The van der Waals surface area contributed by atoms with Gasteiger partial charge in [0.25, 0.3) is 0 Å². The molecule has 0 spiro atoms. The lowest BCUT2D eigenvalue weighted by Crippen LogP contribution is -2.34. The highest BCUT2D eigenvalue weighted by Gasteiger charge is 2.25. The predicted molar refractivity (Wildman–Crippen MR) is 92.9 cm³/mol. The summed E-state index contributed by atoms with van der Waals surface area (Å²) in [5, 5.41) is 2.62. The van der Waals surface area contributed by atoms with Crippen molar-refractivity contribution in [3.8, 4) is 0 Å². The van der Waals surface area contributed by atoms with Crippen molar-refractivity contribution in [1.29, 1.82) is 0 Å². The van der Waals surface area contributed by atoms with Gasteiger partial charge >= 0.3 is 0 Å². The number of nitrogens with zero attached hydrogens (tertiary/aromatic N) is 1. The molecular weight excluding hydrogens is 369 g/mol. The monoisotopic (exact) mass is 386 g/mol. The number of hydrogen-bond donors (Lipinski definition) is 1. The Morgan fingerprint density at radius 1 is 1.08 bits per heavy atom. The second-order valence-corrected chi connectivity index (χ2v) is 7.55. The van der Waals surface area contributed by atoms with Crippen molar-refractivity contribution in [3.63, 3.8) is 0 Å². The second-order valence-electron chi connectivity index (χ2n) is 5.64. The van der Waals surface area contributed by atoms with Crippen molar-refractivity contribution in [2.24, 2.45) is 0 Å². The van der Waals surface area contributed by atoms with Gasteiger partial charge in [-0.05, 0) is 30.7 Å². The number of rotatable bonds is 6. The average Bonchev–Trinajstić information content (AvgIpc) is 2.55. The topological polar surface area (TPSA) is 66.5 Å². The van der Waals surface area contributed by atoms with Crippen molar-refractivity contribution in [2.75, 3.05) is 22.4 Å². The van der Waals surface area contributed by atoms with Gasteiger partial charge in [0.05, 0.1) is 11.9 Å². The van der Waals surface area contributed by atoms with E-state index < -0.39 is 45.6 Å². The van der Waals surface area contributed by atoms with Gasteiger partial charge in [0, 0.05) is 18.7 Å². The lowest BCUT2D eigenvalue weighted by molar-refractivity contribution is -0.116. The smallest absolute Gasteiger partial charge is 0.232 e. The first-order valence-electron chi connectivity index (χ1n) is 7.58. The van der Waals surface area contributed by atoms with E-state index in [1.807, 2.05) is 0 Å².